The molecule has 0 atom stereocenters. The Balaban J connectivity index is 2.03. The maximum absolute atomic E-state index is 12.2. The van der Waals surface area contributed by atoms with Crippen LogP contribution in [-0.4, -0.2) is 50.1 Å². The van der Waals surface area contributed by atoms with Crippen LogP contribution in [0.3, 0.4) is 0 Å². The van der Waals surface area contributed by atoms with E-state index in [4.69, 9.17) is 16.3 Å². The zero-order chi connectivity index (χ0) is 18.2. The van der Waals surface area contributed by atoms with Crippen molar-refractivity contribution >= 4 is 28.9 Å². The molecule has 0 aliphatic carbocycles. The summed E-state index contributed by atoms with van der Waals surface area (Å²) in [6, 6.07) is 7.03. The Labute approximate surface area is 153 Å². The number of nitrogens with one attached hydrogen (secondary N) is 2. The number of halogens is 1. The lowest BCUT2D eigenvalue weighted by Gasteiger charge is -2.12. The summed E-state index contributed by atoms with van der Waals surface area (Å²) in [5, 5.41) is 6.67. The van der Waals surface area contributed by atoms with Crippen molar-refractivity contribution in [3.05, 3.63) is 47.2 Å². The standard InChI is InChI=1S/C18H23ClN4O2/c1-23(2)8-4-7-21-18(24)13-9-15(12-20-11-13)22-16-10-14(19)5-6-17(16)25-3/h5-6,9-12,22H,4,7-8H2,1-3H3,(H,21,24). The number of nitrogens with zero attached hydrogens (tertiary/aromatic N) is 2. The summed E-state index contributed by atoms with van der Waals surface area (Å²) in [5.74, 6) is 0.510. The molecule has 134 valence electrons. The number of ether oxygens (including phenoxy) is 1. The van der Waals surface area contributed by atoms with Gasteiger partial charge in [0, 0.05) is 17.8 Å². The molecule has 7 heteroatoms. The minimum Gasteiger partial charge on any atom is -0.495 e. The van der Waals surface area contributed by atoms with Crippen molar-refractivity contribution in [1.82, 2.24) is 15.2 Å². The summed E-state index contributed by atoms with van der Waals surface area (Å²) < 4.78 is 5.31. The summed E-state index contributed by atoms with van der Waals surface area (Å²) in [6.45, 7) is 1.55. The smallest absolute Gasteiger partial charge is 0.252 e. The van der Waals surface area contributed by atoms with Crippen LogP contribution in [0.5, 0.6) is 5.75 Å². The molecule has 0 fully saturated rings. The molecule has 2 rings (SSSR count). The highest BCUT2D eigenvalue weighted by Gasteiger charge is 2.09. The monoisotopic (exact) mass is 362 g/mol. The van der Waals surface area contributed by atoms with Gasteiger partial charge in [-0.25, -0.2) is 0 Å². The van der Waals surface area contributed by atoms with Crippen molar-refractivity contribution in [2.75, 3.05) is 39.6 Å². The number of methoxy groups -OCH3 is 1. The Bertz CT molecular complexity index is 722. The number of benzene rings is 1. The van der Waals surface area contributed by atoms with Crippen LogP contribution in [-0.2, 0) is 0 Å². The summed E-state index contributed by atoms with van der Waals surface area (Å²) in [6.07, 6.45) is 4.08. The average molecular weight is 363 g/mol. The summed E-state index contributed by atoms with van der Waals surface area (Å²) in [4.78, 5) is 18.4. The Hall–Kier alpha value is -2.31. The van der Waals surface area contributed by atoms with E-state index in [-0.39, 0.29) is 5.91 Å². The Kier molecular flexibility index (Phi) is 7.03. The SMILES string of the molecule is COc1ccc(Cl)cc1Nc1cncc(C(=O)NCCCN(C)C)c1. The highest BCUT2D eigenvalue weighted by Crippen LogP contribution is 2.30. The van der Waals surface area contributed by atoms with E-state index < -0.39 is 0 Å². The van der Waals surface area contributed by atoms with E-state index >= 15 is 0 Å². The van der Waals surface area contributed by atoms with Gasteiger partial charge in [-0.3, -0.25) is 9.78 Å². The number of carbonyl (C=O) groups is 1. The molecule has 0 bridgehead atoms. The van der Waals surface area contributed by atoms with E-state index in [1.807, 2.05) is 14.1 Å². The number of carbonyl (C=O) groups excluding carboxylic acids is 1. The summed E-state index contributed by atoms with van der Waals surface area (Å²) in [5.41, 5.74) is 1.89. The first kappa shape index (κ1) is 19.0. The predicted octanol–water partition coefficient (Wildman–Crippen LogP) is 3.17. The van der Waals surface area contributed by atoms with Gasteiger partial charge in [-0.2, -0.15) is 0 Å². The van der Waals surface area contributed by atoms with Crippen LogP contribution < -0.4 is 15.4 Å². The van der Waals surface area contributed by atoms with Gasteiger partial charge < -0.3 is 20.3 Å². The van der Waals surface area contributed by atoms with E-state index in [2.05, 4.69) is 20.5 Å². The Morgan fingerprint density at radius 3 is 2.80 bits per heavy atom. The molecule has 1 aromatic heterocycles. The fourth-order valence-corrected chi connectivity index (χ4v) is 2.44. The molecule has 6 nitrogen and oxygen atoms in total. The lowest BCUT2D eigenvalue weighted by Crippen LogP contribution is -2.27. The molecule has 25 heavy (non-hydrogen) atoms. The zero-order valence-electron chi connectivity index (χ0n) is 14.7. The van der Waals surface area contributed by atoms with E-state index in [1.165, 1.54) is 0 Å². The third kappa shape index (κ3) is 5.92. The van der Waals surface area contributed by atoms with Gasteiger partial charge in [0.25, 0.3) is 5.91 Å². The van der Waals surface area contributed by atoms with Crippen molar-refractivity contribution in [3.63, 3.8) is 0 Å². The maximum Gasteiger partial charge on any atom is 0.252 e. The molecule has 2 N–H and O–H groups in total. The molecule has 1 amide bonds. The molecule has 1 aromatic carbocycles. The van der Waals surface area contributed by atoms with Gasteiger partial charge in [0.15, 0.2) is 0 Å². The normalized spacial score (nSPS) is 10.6. The third-order valence-corrected chi connectivity index (χ3v) is 3.74. The Morgan fingerprint density at radius 2 is 2.08 bits per heavy atom. The third-order valence-electron chi connectivity index (χ3n) is 3.51. The molecule has 0 aliphatic rings. The molecule has 0 aliphatic heterocycles. The second kappa shape index (κ2) is 9.25. The van der Waals surface area contributed by atoms with Crippen LogP contribution in [0.15, 0.2) is 36.7 Å². The second-order valence-electron chi connectivity index (χ2n) is 5.84. The molecule has 0 radical (unpaired) electrons. The molecule has 0 unspecified atom stereocenters. The lowest BCUT2D eigenvalue weighted by atomic mass is 10.2. The summed E-state index contributed by atoms with van der Waals surface area (Å²) >= 11 is 6.04. The summed E-state index contributed by atoms with van der Waals surface area (Å²) in [7, 11) is 5.60. The van der Waals surface area contributed by atoms with Crippen molar-refractivity contribution in [2.45, 2.75) is 6.42 Å². The average Bonchev–Trinajstić information content (AvgIpc) is 2.59. The van der Waals surface area contributed by atoms with E-state index in [0.29, 0.717) is 34.3 Å². The minimum atomic E-state index is -0.145. The van der Waals surface area contributed by atoms with Crippen molar-refractivity contribution in [2.24, 2.45) is 0 Å². The fourth-order valence-electron chi connectivity index (χ4n) is 2.27. The molecular weight excluding hydrogens is 340 g/mol. The van der Waals surface area contributed by atoms with Gasteiger partial charge in [-0.05, 0) is 51.3 Å². The molecule has 0 spiro atoms. The van der Waals surface area contributed by atoms with Crippen LogP contribution in [0.2, 0.25) is 5.02 Å². The lowest BCUT2D eigenvalue weighted by molar-refractivity contribution is 0.0952. The van der Waals surface area contributed by atoms with Gasteiger partial charge in [0.2, 0.25) is 0 Å². The first-order valence-corrected chi connectivity index (χ1v) is 8.36. The topological polar surface area (TPSA) is 66.5 Å². The molecule has 0 saturated carbocycles. The van der Waals surface area contributed by atoms with Gasteiger partial charge in [0.05, 0.1) is 30.2 Å². The zero-order valence-corrected chi connectivity index (χ0v) is 15.4. The number of rotatable bonds is 8. The van der Waals surface area contributed by atoms with Gasteiger partial charge in [-0.15, -0.1) is 0 Å². The van der Waals surface area contributed by atoms with E-state index in [0.717, 1.165) is 13.0 Å². The van der Waals surface area contributed by atoms with E-state index in [9.17, 15) is 4.79 Å². The largest absolute Gasteiger partial charge is 0.495 e. The first-order chi connectivity index (χ1) is 12.0. The van der Waals surface area contributed by atoms with Crippen molar-refractivity contribution < 1.29 is 9.53 Å². The van der Waals surface area contributed by atoms with Gasteiger partial charge >= 0.3 is 0 Å². The number of anilines is 2. The number of aromatic nitrogens is 1. The molecule has 2 aromatic rings. The van der Waals surface area contributed by atoms with Gasteiger partial charge in [-0.1, -0.05) is 11.6 Å². The quantitative estimate of drug-likeness (QED) is 0.706. The number of pyridine rings is 1. The minimum absolute atomic E-state index is 0.145. The van der Waals surface area contributed by atoms with Crippen molar-refractivity contribution in [1.29, 1.82) is 0 Å². The van der Waals surface area contributed by atoms with Crippen LogP contribution >= 0.6 is 11.6 Å². The van der Waals surface area contributed by atoms with Crippen molar-refractivity contribution in [3.8, 4) is 5.75 Å². The molecule has 1 heterocycles. The number of hydrogen-bond donors (Lipinski definition) is 2. The predicted molar refractivity (Wildman–Crippen MR) is 101 cm³/mol. The van der Waals surface area contributed by atoms with Gasteiger partial charge in [0.1, 0.15) is 5.75 Å². The maximum atomic E-state index is 12.2. The fraction of sp³-hybridized carbons (Fsp3) is 0.333. The number of amides is 1. The Morgan fingerprint density at radius 1 is 1.28 bits per heavy atom. The first-order valence-electron chi connectivity index (χ1n) is 7.98. The molecular formula is C18H23ClN4O2. The highest BCUT2D eigenvalue weighted by atomic mass is 35.5. The molecule has 0 saturated heterocycles. The van der Waals surface area contributed by atoms with Crippen LogP contribution in [0.1, 0.15) is 16.8 Å². The van der Waals surface area contributed by atoms with Crippen LogP contribution in [0, 0.1) is 0 Å². The van der Waals surface area contributed by atoms with E-state index in [1.54, 1.807) is 43.8 Å². The van der Waals surface area contributed by atoms with Crippen LogP contribution in [0.25, 0.3) is 0 Å². The number of hydrogen-bond acceptors (Lipinski definition) is 5. The van der Waals surface area contributed by atoms with Crippen LogP contribution in [0.4, 0.5) is 11.4 Å². The highest BCUT2D eigenvalue weighted by molar-refractivity contribution is 6.31. The second-order valence-corrected chi connectivity index (χ2v) is 6.28.